The molecule has 0 aliphatic carbocycles. The van der Waals surface area contributed by atoms with Crippen molar-refractivity contribution in [3.8, 4) is 0 Å². The first-order chi connectivity index (χ1) is 6.02. The summed E-state index contributed by atoms with van der Waals surface area (Å²) in [6, 6.07) is 0. The zero-order valence-corrected chi connectivity index (χ0v) is 9.56. The van der Waals surface area contributed by atoms with E-state index in [0.717, 1.165) is 18.9 Å². The van der Waals surface area contributed by atoms with Crippen LogP contribution >= 0.6 is 0 Å². The molecule has 0 rings (SSSR count). The fourth-order valence-electron chi connectivity index (χ4n) is 1.31. The molecule has 2 atom stereocenters. The number of rotatable bonds is 7. The monoisotopic (exact) mass is 187 g/mol. The lowest BCUT2D eigenvalue weighted by Crippen LogP contribution is -2.38. The van der Waals surface area contributed by atoms with Gasteiger partial charge in [-0.1, -0.05) is 27.2 Å². The van der Waals surface area contributed by atoms with Crippen molar-refractivity contribution in [2.24, 2.45) is 5.92 Å². The van der Waals surface area contributed by atoms with Gasteiger partial charge in [-0.3, -0.25) is 0 Å². The van der Waals surface area contributed by atoms with Crippen LogP contribution in [-0.4, -0.2) is 23.8 Å². The van der Waals surface area contributed by atoms with E-state index in [1.165, 1.54) is 12.8 Å². The van der Waals surface area contributed by atoms with Gasteiger partial charge in [0.15, 0.2) is 0 Å². The smallest absolute Gasteiger partial charge is 0.0740 e. The predicted octanol–water partition coefficient (Wildman–Crippen LogP) is 2.17. The Bertz CT molecular complexity index is 123. The minimum Gasteiger partial charge on any atom is -0.389 e. The summed E-state index contributed by atoms with van der Waals surface area (Å²) >= 11 is 0. The van der Waals surface area contributed by atoms with Crippen LogP contribution in [0.25, 0.3) is 0 Å². The molecule has 0 aromatic heterocycles. The van der Waals surface area contributed by atoms with Crippen molar-refractivity contribution in [3.63, 3.8) is 0 Å². The highest BCUT2D eigenvalue weighted by Crippen LogP contribution is 2.07. The van der Waals surface area contributed by atoms with Crippen LogP contribution in [0.4, 0.5) is 0 Å². The lowest BCUT2D eigenvalue weighted by Gasteiger charge is -2.22. The van der Waals surface area contributed by atoms with E-state index < -0.39 is 5.60 Å². The number of nitrogens with one attached hydrogen (secondary N) is 1. The van der Waals surface area contributed by atoms with Gasteiger partial charge in [0, 0.05) is 6.54 Å². The van der Waals surface area contributed by atoms with E-state index in [9.17, 15) is 5.11 Å². The van der Waals surface area contributed by atoms with Crippen LogP contribution in [0.1, 0.15) is 47.0 Å². The Labute approximate surface area is 82.7 Å². The molecule has 0 heterocycles. The van der Waals surface area contributed by atoms with Crippen LogP contribution in [0.5, 0.6) is 0 Å². The maximum absolute atomic E-state index is 9.70. The van der Waals surface area contributed by atoms with Gasteiger partial charge in [0.05, 0.1) is 5.60 Å². The molecule has 0 aromatic rings. The fourth-order valence-corrected chi connectivity index (χ4v) is 1.31. The highest BCUT2D eigenvalue weighted by molar-refractivity contribution is 4.73. The quantitative estimate of drug-likeness (QED) is 0.640. The highest BCUT2D eigenvalue weighted by atomic mass is 16.3. The topological polar surface area (TPSA) is 32.3 Å². The first kappa shape index (κ1) is 12.9. The summed E-state index contributed by atoms with van der Waals surface area (Å²) in [6.45, 7) is 10.1. The minimum atomic E-state index is -0.536. The number of aliphatic hydroxyl groups is 1. The molecule has 2 nitrogen and oxygen atoms in total. The summed E-state index contributed by atoms with van der Waals surface area (Å²) in [5.74, 6) is 0.720. The van der Waals surface area contributed by atoms with Crippen LogP contribution in [0.3, 0.4) is 0 Å². The molecule has 0 bridgehead atoms. The molecule has 0 aliphatic rings. The summed E-state index contributed by atoms with van der Waals surface area (Å²) in [5.41, 5.74) is -0.536. The van der Waals surface area contributed by atoms with Crippen molar-refractivity contribution >= 4 is 0 Å². The molecule has 0 radical (unpaired) electrons. The van der Waals surface area contributed by atoms with E-state index >= 15 is 0 Å². The standard InChI is InChI=1S/C11H25NO/c1-5-7-10(3)8-12-9-11(4,13)6-2/h10,12-13H,5-9H2,1-4H3. The second kappa shape index (κ2) is 6.39. The van der Waals surface area contributed by atoms with E-state index in [2.05, 4.69) is 19.2 Å². The lowest BCUT2D eigenvalue weighted by atomic mass is 10.0. The Morgan fingerprint density at radius 1 is 1.38 bits per heavy atom. The van der Waals surface area contributed by atoms with Gasteiger partial charge in [0.2, 0.25) is 0 Å². The Morgan fingerprint density at radius 2 is 2.00 bits per heavy atom. The molecule has 0 amide bonds. The first-order valence-electron chi connectivity index (χ1n) is 5.45. The second-order valence-corrected chi connectivity index (χ2v) is 4.38. The Hall–Kier alpha value is -0.0800. The summed E-state index contributed by atoms with van der Waals surface area (Å²) in [6.07, 6.45) is 3.32. The molecule has 2 heteroatoms. The highest BCUT2D eigenvalue weighted by Gasteiger charge is 2.16. The fraction of sp³-hybridized carbons (Fsp3) is 1.00. The van der Waals surface area contributed by atoms with Gasteiger partial charge in [0.25, 0.3) is 0 Å². The van der Waals surface area contributed by atoms with Crippen molar-refractivity contribution < 1.29 is 5.11 Å². The molecule has 80 valence electrons. The SMILES string of the molecule is CCCC(C)CNCC(C)(O)CC. The van der Waals surface area contributed by atoms with E-state index in [1.807, 2.05) is 13.8 Å². The largest absolute Gasteiger partial charge is 0.389 e. The van der Waals surface area contributed by atoms with E-state index in [-0.39, 0.29) is 0 Å². The van der Waals surface area contributed by atoms with Gasteiger partial charge >= 0.3 is 0 Å². The maximum atomic E-state index is 9.70. The van der Waals surface area contributed by atoms with Gasteiger partial charge in [-0.2, -0.15) is 0 Å². The Kier molecular flexibility index (Phi) is 6.35. The second-order valence-electron chi connectivity index (χ2n) is 4.38. The number of hydrogen-bond donors (Lipinski definition) is 2. The van der Waals surface area contributed by atoms with Crippen molar-refractivity contribution in [1.82, 2.24) is 5.32 Å². The van der Waals surface area contributed by atoms with Gasteiger partial charge in [-0.05, 0) is 32.2 Å². The molecule has 13 heavy (non-hydrogen) atoms. The van der Waals surface area contributed by atoms with Gasteiger partial charge in [-0.25, -0.2) is 0 Å². The molecular weight excluding hydrogens is 162 g/mol. The van der Waals surface area contributed by atoms with Crippen molar-refractivity contribution in [2.45, 2.75) is 52.6 Å². The van der Waals surface area contributed by atoms with Crippen LogP contribution < -0.4 is 5.32 Å². The van der Waals surface area contributed by atoms with Crippen LogP contribution in [0.2, 0.25) is 0 Å². The average Bonchev–Trinajstić information content (AvgIpc) is 2.05. The normalized spacial score (nSPS) is 18.2. The van der Waals surface area contributed by atoms with Crippen molar-refractivity contribution in [2.75, 3.05) is 13.1 Å². The Balaban J connectivity index is 3.44. The van der Waals surface area contributed by atoms with E-state index in [1.54, 1.807) is 0 Å². The molecule has 2 unspecified atom stereocenters. The molecule has 0 saturated heterocycles. The predicted molar refractivity (Wildman–Crippen MR) is 57.9 cm³/mol. The van der Waals surface area contributed by atoms with Crippen LogP contribution in [0.15, 0.2) is 0 Å². The summed E-state index contributed by atoms with van der Waals surface area (Å²) in [4.78, 5) is 0. The van der Waals surface area contributed by atoms with Gasteiger partial charge in [-0.15, -0.1) is 0 Å². The summed E-state index contributed by atoms with van der Waals surface area (Å²) in [5, 5.41) is 13.0. The molecule has 0 saturated carbocycles. The minimum absolute atomic E-state index is 0.536. The number of hydrogen-bond acceptors (Lipinski definition) is 2. The third kappa shape index (κ3) is 7.03. The third-order valence-corrected chi connectivity index (χ3v) is 2.54. The molecule has 0 aromatic carbocycles. The zero-order valence-electron chi connectivity index (χ0n) is 9.56. The average molecular weight is 187 g/mol. The van der Waals surface area contributed by atoms with Crippen LogP contribution in [-0.2, 0) is 0 Å². The van der Waals surface area contributed by atoms with Crippen molar-refractivity contribution in [3.05, 3.63) is 0 Å². The van der Waals surface area contributed by atoms with E-state index in [4.69, 9.17) is 0 Å². The molecular formula is C11H25NO. The molecule has 2 N–H and O–H groups in total. The lowest BCUT2D eigenvalue weighted by molar-refractivity contribution is 0.0550. The Morgan fingerprint density at radius 3 is 2.46 bits per heavy atom. The zero-order chi connectivity index (χ0) is 10.3. The molecule has 0 fully saturated rings. The van der Waals surface area contributed by atoms with Gasteiger partial charge < -0.3 is 10.4 Å². The van der Waals surface area contributed by atoms with E-state index in [0.29, 0.717) is 6.54 Å². The van der Waals surface area contributed by atoms with Gasteiger partial charge in [0.1, 0.15) is 0 Å². The van der Waals surface area contributed by atoms with Crippen molar-refractivity contribution in [1.29, 1.82) is 0 Å². The van der Waals surface area contributed by atoms with Crippen LogP contribution in [0, 0.1) is 5.92 Å². The molecule has 0 aliphatic heterocycles. The summed E-state index contributed by atoms with van der Waals surface area (Å²) < 4.78 is 0. The maximum Gasteiger partial charge on any atom is 0.0740 e. The summed E-state index contributed by atoms with van der Waals surface area (Å²) in [7, 11) is 0. The first-order valence-corrected chi connectivity index (χ1v) is 5.45. The molecule has 0 spiro atoms. The third-order valence-electron chi connectivity index (χ3n) is 2.54.